The molecule has 1 aromatic heterocycles. The maximum absolute atomic E-state index is 11.2. The fraction of sp³-hybridized carbons (Fsp3) is 0.500. The molecule has 102 valence electrons. The number of aliphatic hydroxyl groups is 3. The molecule has 4 N–H and O–H groups in total. The summed E-state index contributed by atoms with van der Waals surface area (Å²) in [5.74, 6) is 5.28. The van der Waals surface area contributed by atoms with Crippen LogP contribution in [-0.2, 0) is 4.74 Å². The van der Waals surface area contributed by atoms with E-state index in [0.717, 1.165) is 6.20 Å². The van der Waals surface area contributed by atoms with Crippen molar-refractivity contribution in [2.24, 2.45) is 0 Å². The van der Waals surface area contributed by atoms with Crippen LogP contribution in [0.4, 0.5) is 0 Å². The quantitative estimate of drug-likeness (QED) is 0.474. The van der Waals surface area contributed by atoms with Gasteiger partial charge in [0.15, 0.2) is 0 Å². The van der Waals surface area contributed by atoms with Gasteiger partial charge in [-0.05, 0) is 12.8 Å². The Kier molecular flexibility index (Phi) is 3.97. The van der Waals surface area contributed by atoms with Gasteiger partial charge in [-0.15, -0.1) is 0 Å². The average molecular weight is 266 g/mol. The molecule has 1 aliphatic heterocycles. The van der Waals surface area contributed by atoms with E-state index < -0.39 is 36.6 Å². The van der Waals surface area contributed by atoms with Crippen molar-refractivity contribution in [2.45, 2.75) is 31.3 Å². The minimum absolute atomic E-state index is 0.227. The number of hydrogen-bond acceptors (Lipinski definition) is 6. The van der Waals surface area contributed by atoms with Gasteiger partial charge in [-0.1, -0.05) is 5.92 Å². The first-order valence-electron chi connectivity index (χ1n) is 5.73. The van der Waals surface area contributed by atoms with Crippen molar-refractivity contribution in [3.8, 4) is 11.8 Å². The Hall–Kier alpha value is -1.72. The highest BCUT2D eigenvalue weighted by Crippen LogP contribution is 2.33. The summed E-state index contributed by atoms with van der Waals surface area (Å²) in [5.41, 5.74) is 0.0366. The molecule has 0 amide bonds. The lowest BCUT2D eigenvalue weighted by Gasteiger charge is -2.14. The summed E-state index contributed by atoms with van der Waals surface area (Å²) in [5, 5.41) is 28.6. The lowest BCUT2D eigenvalue weighted by atomic mass is 10.0. The number of rotatable bonds is 2. The smallest absolute Gasteiger partial charge is 0.267 e. The van der Waals surface area contributed by atoms with Crippen LogP contribution in [0.3, 0.4) is 0 Å². The Balaban J connectivity index is 2.41. The van der Waals surface area contributed by atoms with Gasteiger partial charge in [0, 0.05) is 0 Å². The zero-order valence-electron chi connectivity index (χ0n) is 10.2. The van der Waals surface area contributed by atoms with Gasteiger partial charge in [0.2, 0.25) is 0 Å². The molecular weight excluding hydrogens is 252 g/mol. The van der Waals surface area contributed by atoms with E-state index in [2.05, 4.69) is 21.8 Å². The van der Waals surface area contributed by atoms with Gasteiger partial charge in [-0.3, -0.25) is 4.79 Å². The topological polar surface area (TPSA) is 116 Å². The molecule has 4 atom stereocenters. The Morgan fingerprint density at radius 3 is 2.79 bits per heavy atom. The first-order chi connectivity index (χ1) is 9.08. The number of ether oxygens (including phenoxy) is 1. The molecule has 2 heterocycles. The highest BCUT2D eigenvalue weighted by Gasteiger charge is 2.44. The van der Waals surface area contributed by atoms with E-state index in [4.69, 9.17) is 9.84 Å². The Labute approximate surface area is 108 Å². The van der Waals surface area contributed by atoms with Crippen molar-refractivity contribution in [1.29, 1.82) is 0 Å². The number of aliphatic hydroxyl groups excluding tert-OH is 3. The largest absolute Gasteiger partial charge is 0.394 e. The number of H-pyrrole nitrogens is 1. The molecule has 0 radical (unpaired) electrons. The minimum atomic E-state index is -1.24. The molecule has 7 heteroatoms. The zero-order chi connectivity index (χ0) is 14.0. The Morgan fingerprint density at radius 1 is 1.47 bits per heavy atom. The third kappa shape index (κ3) is 2.52. The first kappa shape index (κ1) is 13.7. The van der Waals surface area contributed by atoms with Gasteiger partial charge in [-0.2, -0.15) is 0 Å². The van der Waals surface area contributed by atoms with E-state index >= 15 is 0 Å². The van der Waals surface area contributed by atoms with Gasteiger partial charge in [0.1, 0.15) is 35.8 Å². The van der Waals surface area contributed by atoms with Crippen molar-refractivity contribution in [1.82, 2.24) is 9.97 Å². The lowest BCUT2D eigenvalue weighted by molar-refractivity contribution is -0.0241. The van der Waals surface area contributed by atoms with E-state index in [-0.39, 0.29) is 11.4 Å². The van der Waals surface area contributed by atoms with Crippen LogP contribution in [-0.4, -0.2) is 50.2 Å². The molecule has 1 aliphatic rings. The number of aromatic amines is 1. The van der Waals surface area contributed by atoms with Gasteiger partial charge in [0.05, 0.1) is 12.8 Å². The SMILES string of the molecule is CC#Cc1[nH]c(=O)cnc1C1OC(CO)C(O)C1O. The van der Waals surface area contributed by atoms with Crippen molar-refractivity contribution in [3.05, 3.63) is 27.9 Å². The summed E-state index contributed by atoms with van der Waals surface area (Å²) in [6, 6.07) is 0. The Morgan fingerprint density at radius 2 is 2.21 bits per heavy atom. The fourth-order valence-electron chi connectivity index (χ4n) is 1.97. The van der Waals surface area contributed by atoms with Crippen molar-refractivity contribution in [3.63, 3.8) is 0 Å². The molecule has 0 aromatic carbocycles. The molecule has 0 bridgehead atoms. The number of nitrogens with one attached hydrogen (secondary N) is 1. The summed E-state index contributed by atoms with van der Waals surface area (Å²) in [7, 11) is 0. The molecule has 1 saturated heterocycles. The zero-order valence-corrected chi connectivity index (χ0v) is 10.2. The van der Waals surface area contributed by atoms with E-state index in [0.29, 0.717) is 0 Å². The fourth-order valence-corrected chi connectivity index (χ4v) is 1.97. The van der Waals surface area contributed by atoms with Gasteiger partial charge in [0.25, 0.3) is 5.56 Å². The van der Waals surface area contributed by atoms with Crippen LogP contribution in [0.15, 0.2) is 11.0 Å². The monoisotopic (exact) mass is 266 g/mol. The molecule has 1 aromatic rings. The second-order valence-corrected chi connectivity index (χ2v) is 4.14. The number of aromatic nitrogens is 2. The number of nitrogens with zero attached hydrogens (tertiary/aromatic N) is 1. The van der Waals surface area contributed by atoms with E-state index in [9.17, 15) is 15.0 Å². The van der Waals surface area contributed by atoms with Crippen molar-refractivity contribution < 1.29 is 20.1 Å². The molecule has 1 fully saturated rings. The van der Waals surface area contributed by atoms with Crippen LogP contribution >= 0.6 is 0 Å². The molecule has 0 spiro atoms. The first-order valence-corrected chi connectivity index (χ1v) is 5.73. The van der Waals surface area contributed by atoms with E-state index in [1.807, 2.05) is 0 Å². The third-order valence-corrected chi connectivity index (χ3v) is 2.89. The summed E-state index contributed by atoms with van der Waals surface area (Å²) in [6.45, 7) is 1.17. The van der Waals surface area contributed by atoms with Crippen LogP contribution in [0.25, 0.3) is 0 Å². The second-order valence-electron chi connectivity index (χ2n) is 4.14. The van der Waals surface area contributed by atoms with E-state index in [1.165, 1.54) is 0 Å². The van der Waals surface area contributed by atoms with Crippen LogP contribution in [0, 0.1) is 11.8 Å². The van der Waals surface area contributed by atoms with Gasteiger partial charge in [-0.25, -0.2) is 4.98 Å². The van der Waals surface area contributed by atoms with Crippen molar-refractivity contribution in [2.75, 3.05) is 6.61 Å². The molecule has 19 heavy (non-hydrogen) atoms. The maximum atomic E-state index is 11.2. The number of hydrogen-bond donors (Lipinski definition) is 4. The van der Waals surface area contributed by atoms with Gasteiger partial charge < -0.3 is 25.0 Å². The summed E-state index contributed by atoms with van der Waals surface area (Å²) in [4.78, 5) is 17.6. The molecule has 4 unspecified atom stereocenters. The summed E-state index contributed by atoms with van der Waals surface area (Å²) in [6.07, 6.45) is -3.25. The predicted molar refractivity (Wildman–Crippen MR) is 64.1 cm³/mol. The predicted octanol–water partition coefficient (Wildman–Crippen LogP) is -1.70. The van der Waals surface area contributed by atoms with Gasteiger partial charge >= 0.3 is 0 Å². The molecule has 7 nitrogen and oxygen atoms in total. The van der Waals surface area contributed by atoms with Crippen molar-refractivity contribution >= 4 is 0 Å². The Bertz CT molecular complexity index is 573. The highest BCUT2D eigenvalue weighted by atomic mass is 16.6. The normalized spacial score (nSPS) is 29.9. The molecule has 0 aliphatic carbocycles. The average Bonchev–Trinajstić information content (AvgIpc) is 2.67. The molecule has 2 rings (SSSR count). The van der Waals surface area contributed by atoms with Crippen LogP contribution in [0.1, 0.15) is 24.4 Å². The van der Waals surface area contributed by atoms with E-state index in [1.54, 1.807) is 6.92 Å². The van der Waals surface area contributed by atoms with Crippen LogP contribution in [0.2, 0.25) is 0 Å². The summed E-state index contributed by atoms with van der Waals surface area (Å²) >= 11 is 0. The molecule has 0 saturated carbocycles. The third-order valence-electron chi connectivity index (χ3n) is 2.89. The van der Waals surface area contributed by atoms with Crippen LogP contribution in [0.5, 0.6) is 0 Å². The lowest BCUT2D eigenvalue weighted by Crippen LogP contribution is -2.32. The second kappa shape index (κ2) is 5.50. The standard InChI is InChI=1S/C12H14N2O5/c1-2-3-6-9(13-4-8(16)14-6)12-11(18)10(17)7(5-15)19-12/h4,7,10-12,15,17-18H,5H2,1H3,(H,14,16). The molecular formula is C12H14N2O5. The minimum Gasteiger partial charge on any atom is -0.394 e. The van der Waals surface area contributed by atoms with Crippen LogP contribution < -0.4 is 5.56 Å². The highest BCUT2D eigenvalue weighted by molar-refractivity contribution is 5.33. The summed E-state index contributed by atoms with van der Waals surface area (Å²) < 4.78 is 5.35. The maximum Gasteiger partial charge on any atom is 0.267 e.